The zero-order valence-electron chi connectivity index (χ0n) is 14.2. The molecule has 27 heavy (non-hydrogen) atoms. The van der Waals surface area contributed by atoms with E-state index >= 15 is 0 Å². The number of carbonyl (C=O) groups excluding carboxylic acids is 1. The summed E-state index contributed by atoms with van der Waals surface area (Å²) in [6.45, 7) is 0. The molecule has 0 radical (unpaired) electrons. The molecular weight excluding hydrogens is 399 g/mol. The number of hydrogen-bond donors (Lipinski definition) is 4. The number of anilines is 2. The van der Waals surface area contributed by atoms with Gasteiger partial charge < -0.3 is 15.5 Å². The van der Waals surface area contributed by atoms with Crippen molar-refractivity contribution in [3.05, 3.63) is 18.3 Å². The number of hydrogen-bond acceptors (Lipinski definition) is 6. The molecule has 0 atom stereocenters. The molecule has 2 bridgehead atoms. The number of aromatic nitrogens is 4. The standard InChI is InChI=1S/C15H16N6O4.2ClH/c1-21-11(18-13(23)24)10(19-20-21)9-3-2-8(4-16-9)17-12(22)14-5-15(25,6-14)7-14;;/h2-4,18,25H,5-7H2,1H3,(H,17,22)(H,23,24);2*1H. The van der Waals surface area contributed by atoms with Crippen molar-refractivity contribution in [2.45, 2.75) is 24.9 Å². The highest BCUT2D eigenvalue weighted by Crippen LogP contribution is 2.67. The fourth-order valence-electron chi connectivity index (χ4n) is 3.62. The quantitative estimate of drug-likeness (QED) is 0.593. The van der Waals surface area contributed by atoms with Crippen LogP contribution in [0, 0.1) is 5.41 Å². The first-order valence-electron chi connectivity index (χ1n) is 7.70. The summed E-state index contributed by atoms with van der Waals surface area (Å²) in [7, 11) is 1.56. The molecule has 0 aliphatic heterocycles. The highest BCUT2D eigenvalue weighted by molar-refractivity contribution is 5.98. The first kappa shape index (κ1) is 20.9. The summed E-state index contributed by atoms with van der Waals surface area (Å²) in [5.74, 6) is 0.101. The molecule has 0 spiro atoms. The lowest BCUT2D eigenvalue weighted by molar-refractivity contribution is -0.247. The van der Waals surface area contributed by atoms with Gasteiger partial charge in [-0.05, 0) is 31.4 Å². The van der Waals surface area contributed by atoms with Crippen molar-refractivity contribution in [1.29, 1.82) is 0 Å². The van der Waals surface area contributed by atoms with E-state index < -0.39 is 17.1 Å². The third-order valence-electron chi connectivity index (χ3n) is 4.80. The van der Waals surface area contributed by atoms with Crippen LogP contribution in [-0.2, 0) is 11.8 Å². The SMILES string of the molecule is Cl.Cl.Cn1nnc(-c2ccc(NC(=O)C34CC(O)(C3)C4)cn2)c1NC(=O)O. The maximum atomic E-state index is 12.3. The van der Waals surface area contributed by atoms with E-state index in [1.807, 2.05) is 0 Å². The van der Waals surface area contributed by atoms with Crippen molar-refractivity contribution in [3.8, 4) is 11.4 Å². The normalized spacial score (nSPS) is 24.4. The molecule has 0 saturated heterocycles. The van der Waals surface area contributed by atoms with Gasteiger partial charge in [-0.2, -0.15) is 0 Å². The first-order chi connectivity index (χ1) is 11.8. The van der Waals surface area contributed by atoms with Crippen LogP contribution >= 0.6 is 24.8 Å². The summed E-state index contributed by atoms with van der Waals surface area (Å²) in [4.78, 5) is 27.4. The average molecular weight is 417 g/mol. The van der Waals surface area contributed by atoms with Gasteiger partial charge in [0, 0.05) is 7.05 Å². The summed E-state index contributed by atoms with van der Waals surface area (Å²) in [5.41, 5.74) is 0.191. The highest BCUT2D eigenvalue weighted by atomic mass is 35.5. The third kappa shape index (κ3) is 3.43. The van der Waals surface area contributed by atoms with Crippen molar-refractivity contribution in [2.75, 3.05) is 10.6 Å². The Kier molecular flexibility index (Phi) is 5.37. The Balaban J connectivity index is 0.00000131. The third-order valence-corrected chi connectivity index (χ3v) is 4.80. The summed E-state index contributed by atoms with van der Waals surface area (Å²) in [5, 5.41) is 31.4. The molecule has 3 saturated carbocycles. The zero-order chi connectivity index (χ0) is 17.8. The Morgan fingerprint density at radius 3 is 2.37 bits per heavy atom. The Morgan fingerprint density at radius 1 is 1.19 bits per heavy atom. The topological polar surface area (TPSA) is 142 Å². The summed E-state index contributed by atoms with van der Waals surface area (Å²) < 4.78 is 1.30. The maximum absolute atomic E-state index is 12.3. The van der Waals surface area contributed by atoms with Crippen LogP contribution in [-0.4, -0.2) is 47.8 Å². The molecule has 0 unspecified atom stereocenters. The van der Waals surface area contributed by atoms with Crippen molar-refractivity contribution in [3.63, 3.8) is 0 Å². The molecule has 3 aliphatic carbocycles. The molecule has 3 fully saturated rings. The predicted octanol–water partition coefficient (Wildman–Crippen LogP) is 1.66. The van der Waals surface area contributed by atoms with Crippen LogP contribution < -0.4 is 10.6 Å². The Labute approximate surface area is 166 Å². The summed E-state index contributed by atoms with van der Waals surface area (Å²) >= 11 is 0. The van der Waals surface area contributed by atoms with Crippen LogP contribution in [0.5, 0.6) is 0 Å². The predicted molar refractivity (Wildman–Crippen MR) is 100 cm³/mol. The molecule has 0 aromatic carbocycles. The van der Waals surface area contributed by atoms with Crippen LogP contribution in [0.15, 0.2) is 18.3 Å². The Hall–Kier alpha value is -2.43. The number of rotatable bonds is 4. The van der Waals surface area contributed by atoms with Crippen molar-refractivity contribution >= 4 is 48.3 Å². The number of aryl methyl sites for hydroxylation is 1. The minimum atomic E-state index is -1.23. The molecule has 2 aromatic heterocycles. The van der Waals surface area contributed by atoms with Gasteiger partial charge in [0.15, 0.2) is 11.5 Å². The minimum absolute atomic E-state index is 0. The molecule has 4 N–H and O–H groups in total. The molecule has 2 aromatic rings. The molecular formula is C15H18Cl2N6O4. The van der Waals surface area contributed by atoms with E-state index in [4.69, 9.17) is 5.11 Å². The van der Waals surface area contributed by atoms with Gasteiger partial charge in [0.05, 0.1) is 28.6 Å². The molecule has 10 nitrogen and oxygen atoms in total. The highest BCUT2D eigenvalue weighted by Gasteiger charge is 2.71. The van der Waals surface area contributed by atoms with Gasteiger partial charge in [-0.1, -0.05) is 5.21 Å². The Bertz CT molecular complexity index is 865. The van der Waals surface area contributed by atoms with E-state index in [1.165, 1.54) is 10.9 Å². The van der Waals surface area contributed by atoms with Crippen LogP contribution in [0.25, 0.3) is 11.4 Å². The minimum Gasteiger partial charge on any atom is -0.465 e. The number of carbonyl (C=O) groups is 2. The zero-order valence-corrected chi connectivity index (χ0v) is 15.8. The van der Waals surface area contributed by atoms with Crippen molar-refractivity contribution in [1.82, 2.24) is 20.0 Å². The van der Waals surface area contributed by atoms with Gasteiger partial charge in [-0.3, -0.25) is 15.1 Å². The van der Waals surface area contributed by atoms with Gasteiger partial charge in [0.1, 0.15) is 0 Å². The monoisotopic (exact) mass is 416 g/mol. The number of carboxylic acid groups (broad SMARTS) is 1. The molecule has 146 valence electrons. The van der Waals surface area contributed by atoms with E-state index in [1.54, 1.807) is 19.2 Å². The lowest BCUT2D eigenvalue weighted by Crippen LogP contribution is -2.71. The van der Waals surface area contributed by atoms with Crippen molar-refractivity contribution < 1.29 is 19.8 Å². The summed E-state index contributed by atoms with van der Waals surface area (Å²) in [6.07, 6.45) is 1.80. The van der Waals surface area contributed by atoms with E-state index in [2.05, 4.69) is 25.9 Å². The lowest BCUT2D eigenvalue weighted by Gasteiger charge is -2.66. The van der Waals surface area contributed by atoms with E-state index in [0.717, 1.165) is 0 Å². The van der Waals surface area contributed by atoms with Crippen LogP contribution in [0.2, 0.25) is 0 Å². The van der Waals surface area contributed by atoms with Crippen LogP contribution in [0.3, 0.4) is 0 Å². The van der Waals surface area contributed by atoms with Crippen molar-refractivity contribution in [2.24, 2.45) is 12.5 Å². The molecule has 5 rings (SSSR count). The smallest absolute Gasteiger partial charge is 0.410 e. The molecule has 12 heteroatoms. The largest absolute Gasteiger partial charge is 0.465 e. The fraction of sp³-hybridized carbons (Fsp3) is 0.400. The second kappa shape index (κ2) is 6.95. The van der Waals surface area contributed by atoms with Crippen LogP contribution in [0.4, 0.5) is 16.3 Å². The number of pyridine rings is 1. The molecule has 2 amide bonds. The van der Waals surface area contributed by atoms with Gasteiger partial charge in [0.25, 0.3) is 0 Å². The van der Waals surface area contributed by atoms with E-state index in [9.17, 15) is 14.7 Å². The van der Waals surface area contributed by atoms with Crippen LogP contribution in [0.1, 0.15) is 19.3 Å². The van der Waals surface area contributed by atoms with E-state index in [0.29, 0.717) is 36.3 Å². The van der Waals surface area contributed by atoms with Gasteiger partial charge in [0.2, 0.25) is 5.91 Å². The van der Waals surface area contributed by atoms with Gasteiger partial charge >= 0.3 is 6.09 Å². The Morgan fingerprint density at radius 2 is 1.85 bits per heavy atom. The lowest BCUT2D eigenvalue weighted by atomic mass is 9.41. The molecule has 3 aliphatic rings. The van der Waals surface area contributed by atoms with E-state index in [-0.39, 0.29) is 36.5 Å². The number of halogens is 2. The second-order valence-corrected chi connectivity index (χ2v) is 6.76. The summed E-state index contributed by atoms with van der Waals surface area (Å²) in [6, 6.07) is 3.29. The fourth-order valence-corrected chi connectivity index (χ4v) is 3.62. The number of nitrogens with one attached hydrogen (secondary N) is 2. The maximum Gasteiger partial charge on any atom is 0.410 e. The second-order valence-electron chi connectivity index (χ2n) is 6.76. The van der Waals surface area contributed by atoms with Gasteiger partial charge in [-0.25, -0.2) is 9.48 Å². The number of amides is 2. The first-order valence-corrected chi connectivity index (χ1v) is 7.70. The molecule has 2 heterocycles. The number of aliphatic hydroxyl groups is 1. The number of nitrogens with zero attached hydrogens (tertiary/aromatic N) is 4. The average Bonchev–Trinajstić information content (AvgIpc) is 2.84. The van der Waals surface area contributed by atoms with Gasteiger partial charge in [-0.15, -0.1) is 29.9 Å².